The molecule has 1 fully saturated rings. The second kappa shape index (κ2) is 15.5. The number of ether oxygens (including phenoxy) is 7. The summed E-state index contributed by atoms with van der Waals surface area (Å²) in [5.41, 5.74) is 5.40. The summed E-state index contributed by atoms with van der Waals surface area (Å²) in [5, 5.41) is 0. The topological polar surface area (TPSA) is 81.7 Å². The molecule has 45 heavy (non-hydrogen) atoms. The molecule has 0 radical (unpaired) electrons. The molecule has 236 valence electrons. The highest BCUT2D eigenvalue weighted by atomic mass is 16.7. The summed E-state index contributed by atoms with van der Waals surface area (Å²) < 4.78 is 40.0. The lowest BCUT2D eigenvalue weighted by molar-refractivity contribution is -0.168. The molecule has 1 aliphatic rings. The number of hydrogen-bond acceptors (Lipinski definition) is 8. The van der Waals surface area contributed by atoms with Crippen LogP contribution in [-0.4, -0.2) is 47.3 Å². The molecule has 0 N–H and O–H groups in total. The second-order valence-electron chi connectivity index (χ2n) is 10.8. The zero-order valence-electron chi connectivity index (χ0n) is 26.3. The van der Waals surface area contributed by atoms with Crippen molar-refractivity contribution >= 4 is 5.97 Å². The highest BCUT2D eigenvalue weighted by Gasteiger charge is 2.17. The largest absolute Gasteiger partial charge is 0.497 e. The summed E-state index contributed by atoms with van der Waals surface area (Å²) in [6.07, 6.45) is 4.37. The Balaban J connectivity index is 1.38. The Morgan fingerprint density at radius 1 is 0.733 bits per heavy atom. The van der Waals surface area contributed by atoms with E-state index in [0.29, 0.717) is 30.1 Å². The average Bonchev–Trinajstić information content (AvgIpc) is 3.10. The lowest BCUT2D eigenvalue weighted by atomic mass is 9.96. The number of aryl methyl sites for hydroxylation is 2. The zero-order valence-corrected chi connectivity index (χ0v) is 26.3. The lowest BCUT2D eigenvalue weighted by Gasteiger charge is -2.23. The van der Waals surface area contributed by atoms with Gasteiger partial charge in [-0.3, -0.25) is 0 Å². The smallest absolute Gasteiger partial charge is 0.337 e. The molecule has 1 aliphatic heterocycles. The zero-order chi connectivity index (χ0) is 31.6. The minimum atomic E-state index is -0.418. The van der Waals surface area contributed by atoms with Crippen LogP contribution in [0.2, 0.25) is 0 Å². The number of benzene rings is 4. The maximum Gasteiger partial charge on any atom is 0.337 e. The molecule has 1 heterocycles. The molecule has 4 aromatic carbocycles. The minimum Gasteiger partial charge on any atom is -0.497 e. The molecule has 0 saturated carbocycles. The van der Waals surface area contributed by atoms with Crippen molar-refractivity contribution in [2.24, 2.45) is 0 Å². The maximum absolute atomic E-state index is 12.0. The van der Waals surface area contributed by atoms with Crippen molar-refractivity contribution in [1.82, 2.24) is 0 Å². The molecule has 0 spiro atoms. The van der Waals surface area contributed by atoms with Crippen molar-refractivity contribution in [1.29, 1.82) is 0 Å². The summed E-state index contributed by atoms with van der Waals surface area (Å²) in [5.74, 6) is 3.05. The fourth-order valence-corrected chi connectivity index (χ4v) is 5.40. The standard InChI is InChI=1S/C37H40O8/c1-39-29-15-18-33(45-30-9-7-8-28(23-30)37(38)42-4)27(22-29)14-11-25-12-16-34(40-2)31(20-25)32-21-26(13-17-35(32)41-3)24-44-36-10-5-6-19-43-36/h7-9,12-13,15-18,20-23,36H,5-6,10-11,14,19,24H2,1-4H3. The molecular formula is C37H40O8. The van der Waals surface area contributed by atoms with E-state index in [1.165, 1.54) is 7.11 Å². The number of esters is 1. The Hall–Kier alpha value is -4.53. The molecule has 0 aliphatic carbocycles. The molecule has 8 nitrogen and oxygen atoms in total. The van der Waals surface area contributed by atoms with E-state index < -0.39 is 5.97 Å². The normalized spacial score (nSPS) is 14.4. The van der Waals surface area contributed by atoms with Gasteiger partial charge in [-0.25, -0.2) is 4.79 Å². The van der Waals surface area contributed by atoms with Crippen LogP contribution in [0.1, 0.15) is 46.3 Å². The monoisotopic (exact) mass is 612 g/mol. The van der Waals surface area contributed by atoms with Gasteiger partial charge in [0.2, 0.25) is 0 Å². The van der Waals surface area contributed by atoms with E-state index >= 15 is 0 Å². The highest BCUT2D eigenvalue weighted by molar-refractivity contribution is 5.89. The first-order chi connectivity index (χ1) is 22.0. The molecule has 0 aromatic heterocycles. The van der Waals surface area contributed by atoms with Crippen LogP contribution in [0.3, 0.4) is 0 Å². The van der Waals surface area contributed by atoms with Gasteiger partial charge in [0.05, 0.1) is 40.6 Å². The van der Waals surface area contributed by atoms with Crippen LogP contribution in [0.4, 0.5) is 0 Å². The molecular weight excluding hydrogens is 572 g/mol. The molecule has 1 unspecified atom stereocenters. The number of hydrogen-bond donors (Lipinski definition) is 0. The fourth-order valence-electron chi connectivity index (χ4n) is 5.40. The summed E-state index contributed by atoms with van der Waals surface area (Å²) in [7, 11) is 6.35. The van der Waals surface area contributed by atoms with Gasteiger partial charge in [-0.2, -0.15) is 0 Å². The van der Waals surface area contributed by atoms with E-state index in [0.717, 1.165) is 77.4 Å². The third-order valence-electron chi connectivity index (χ3n) is 7.83. The molecule has 8 heteroatoms. The predicted molar refractivity (Wildman–Crippen MR) is 172 cm³/mol. The number of rotatable bonds is 13. The lowest BCUT2D eigenvalue weighted by Crippen LogP contribution is -2.22. The summed E-state index contributed by atoms with van der Waals surface area (Å²) >= 11 is 0. The Morgan fingerprint density at radius 2 is 1.47 bits per heavy atom. The summed E-state index contributed by atoms with van der Waals surface area (Å²) in [6.45, 7) is 1.19. The van der Waals surface area contributed by atoms with Crippen molar-refractivity contribution in [2.45, 2.75) is 45.0 Å². The third-order valence-corrected chi connectivity index (χ3v) is 7.83. The van der Waals surface area contributed by atoms with Gasteiger partial charge in [-0.15, -0.1) is 0 Å². The van der Waals surface area contributed by atoms with Crippen molar-refractivity contribution in [3.05, 3.63) is 101 Å². The molecule has 0 bridgehead atoms. The van der Waals surface area contributed by atoms with Crippen LogP contribution in [0, 0.1) is 0 Å². The van der Waals surface area contributed by atoms with Gasteiger partial charge in [0, 0.05) is 17.7 Å². The summed E-state index contributed by atoms with van der Waals surface area (Å²) in [4.78, 5) is 12.0. The Labute approximate surface area is 264 Å². The van der Waals surface area contributed by atoms with Gasteiger partial charge in [0.1, 0.15) is 28.7 Å². The Bertz CT molecular complexity index is 1590. The van der Waals surface area contributed by atoms with E-state index in [9.17, 15) is 4.79 Å². The van der Waals surface area contributed by atoms with E-state index in [-0.39, 0.29) is 6.29 Å². The highest BCUT2D eigenvalue weighted by Crippen LogP contribution is 2.39. The van der Waals surface area contributed by atoms with Gasteiger partial charge in [0.25, 0.3) is 0 Å². The Morgan fingerprint density at radius 3 is 2.16 bits per heavy atom. The number of carbonyl (C=O) groups excluding carboxylic acids is 1. The van der Waals surface area contributed by atoms with E-state index in [1.807, 2.05) is 42.5 Å². The Kier molecular flexibility index (Phi) is 11.0. The van der Waals surface area contributed by atoms with E-state index in [2.05, 4.69) is 18.2 Å². The minimum absolute atomic E-state index is 0.163. The SMILES string of the molecule is COC(=O)c1cccc(Oc2ccc(OC)cc2CCc2ccc(OC)c(-c3cc(COC4CCCCO4)ccc3OC)c2)c1. The first-order valence-electron chi connectivity index (χ1n) is 15.1. The van der Waals surface area contributed by atoms with Crippen molar-refractivity contribution < 1.29 is 38.0 Å². The summed E-state index contributed by atoms with van der Waals surface area (Å²) in [6, 6.07) is 25.0. The van der Waals surface area contributed by atoms with Gasteiger partial charge < -0.3 is 33.2 Å². The predicted octanol–water partition coefficient (Wildman–Crippen LogP) is 7.79. The van der Waals surface area contributed by atoms with Crippen LogP contribution in [0.5, 0.6) is 28.7 Å². The van der Waals surface area contributed by atoms with Gasteiger partial charge >= 0.3 is 5.97 Å². The number of methoxy groups -OCH3 is 4. The van der Waals surface area contributed by atoms with Crippen molar-refractivity contribution in [2.75, 3.05) is 35.0 Å². The second-order valence-corrected chi connectivity index (χ2v) is 10.8. The fraction of sp³-hybridized carbons (Fsp3) is 0.324. The van der Waals surface area contributed by atoms with Crippen molar-refractivity contribution in [3.63, 3.8) is 0 Å². The average molecular weight is 613 g/mol. The molecule has 1 saturated heterocycles. The first-order valence-corrected chi connectivity index (χ1v) is 15.1. The van der Waals surface area contributed by atoms with Crippen molar-refractivity contribution in [3.8, 4) is 39.9 Å². The first kappa shape index (κ1) is 31.9. The number of carbonyl (C=O) groups is 1. The van der Waals surface area contributed by atoms with E-state index in [1.54, 1.807) is 39.5 Å². The van der Waals surface area contributed by atoms with Crippen LogP contribution < -0.4 is 18.9 Å². The quantitative estimate of drug-likeness (QED) is 0.142. The van der Waals surface area contributed by atoms with Crippen LogP contribution in [0.25, 0.3) is 11.1 Å². The third kappa shape index (κ3) is 8.15. The molecule has 0 amide bonds. The maximum atomic E-state index is 12.0. The van der Waals surface area contributed by atoms with Crippen LogP contribution in [-0.2, 0) is 33.7 Å². The van der Waals surface area contributed by atoms with Gasteiger partial charge in [-0.05, 0) is 109 Å². The molecule has 1 atom stereocenters. The van der Waals surface area contributed by atoms with Gasteiger partial charge in [0.15, 0.2) is 6.29 Å². The molecule has 5 rings (SSSR count). The van der Waals surface area contributed by atoms with E-state index in [4.69, 9.17) is 33.2 Å². The van der Waals surface area contributed by atoms with Crippen LogP contribution >= 0.6 is 0 Å². The molecule has 4 aromatic rings. The van der Waals surface area contributed by atoms with Gasteiger partial charge in [-0.1, -0.05) is 18.2 Å². The van der Waals surface area contributed by atoms with Crippen LogP contribution in [0.15, 0.2) is 78.9 Å².